The Bertz CT molecular complexity index is 1140. The summed E-state index contributed by atoms with van der Waals surface area (Å²) in [6.45, 7) is 0.793. The highest BCUT2D eigenvalue weighted by atomic mass is 16.2. The summed E-state index contributed by atoms with van der Waals surface area (Å²) >= 11 is 0. The number of fused-ring (bicyclic) bond motifs is 1. The van der Waals surface area contributed by atoms with Crippen molar-refractivity contribution in [3.63, 3.8) is 0 Å². The van der Waals surface area contributed by atoms with Crippen LogP contribution < -0.4 is 5.32 Å². The summed E-state index contributed by atoms with van der Waals surface area (Å²) in [7, 11) is 0. The van der Waals surface area contributed by atoms with Crippen LogP contribution in [0.5, 0.6) is 0 Å². The zero-order chi connectivity index (χ0) is 22.7. The highest BCUT2D eigenvalue weighted by Crippen LogP contribution is 2.35. The van der Waals surface area contributed by atoms with Gasteiger partial charge in [-0.2, -0.15) is 0 Å². The lowest BCUT2D eigenvalue weighted by Gasteiger charge is -2.37. The number of carbonyl (C=O) groups is 2. The summed E-state index contributed by atoms with van der Waals surface area (Å²) in [5.41, 5.74) is 1.98. The lowest BCUT2D eigenvalue weighted by atomic mass is 9.83. The maximum absolute atomic E-state index is 13.4. The molecule has 3 heterocycles. The van der Waals surface area contributed by atoms with Gasteiger partial charge in [0.15, 0.2) is 0 Å². The van der Waals surface area contributed by atoms with Crippen molar-refractivity contribution < 1.29 is 9.59 Å². The predicted molar refractivity (Wildman–Crippen MR) is 130 cm³/mol. The SMILES string of the molecule is O=C1CC[C@@](CCC(=O)N2CCCC[C@@H]2c2cccnc2)(Cc2cccc3ccccc23)N1. The summed E-state index contributed by atoms with van der Waals surface area (Å²) in [5, 5.41) is 5.69. The van der Waals surface area contributed by atoms with Gasteiger partial charge >= 0.3 is 0 Å². The van der Waals surface area contributed by atoms with Gasteiger partial charge in [0, 0.05) is 37.3 Å². The predicted octanol–water partition coefficient (Wildman–Crippen LogP) is 4.96. The molecule has 2 aromatic carbocycles. The monoisotopic (exact) mass is 441 g/mol. The van der Waals surface area contributed by atoms with Gasteiger partial charge in [-0.15, -0.1) is 0 Å². The average molecular weight is 442 g/mol. The number of amides is 2. The van der Waals surface area contributed by atoms with E-state index in [-0.39, 0.29) is 23.4 Å². The Morgan fingerprint density at radius 2 is 1.97 bits per heavy atom. The second kappa shape index (κ2) is 9.34. The second-order valence-corrected chi connectivity index (χ2v) is 9.53. The summed E-state index contributed by atoms with van der Waals surface area (Å²) in [6.07, 6.45) is 9.97. The van der Waals surface area contributed by atoms with Crippen LogP contribution in [-0.2, 0) is 16.0 Å². The molecule has 2 atom stereocenters. The first-order valence-corrected chi connectivity index (χ1v) is 12.1. The lowest BCUT2D eigenvalue weighted by Crippen LogP contribution is -2.45. The molecule has 0 bridgehead atoms. The molecular weight excluding hydrogens is 410 g/mol. The van der Waals surface area contributed by atoms with Crippen LogP contribution in [0.3, 0.4) is 0 Å². The molecular formula is C28H31N3O2. The van der Waals surface area contributed by atoms with Crippen molar-refractivity contribution in [3.05, 3.63) is 78.1 Å². The molecule has 2 saturated heterocycles. The molecule has 2 fully saturated rings. The number of pyridine rings is 1. The molecule has 33 heavy (non-hydrogen) atoms. The van der Waals surface area contributed by atoms with Crippen LogP contribution in [0.4, 0.5) is 0 Å². The van der Waals surface area contributed by atoms with Gasteiger partial charge in [-0.3, -0.25) is 14.6 Å². The molecule has 1 aromatic heterocycles. The van der Waals surface area contributed by atoms with E-state index in [1.54, 1.807) is 6.20 Å². The summed E-state index contributed by atoms with van der Waals surface area (Å²) in [5.74, 6) is 0.274. The third-order valence-electron chi connectivity index (χ3n) is 7.35. The Labute approximate surface area is 195 Å². The number of piperidine rings is 1. The van der Waals surface area contributed by atoms with Crippen molar-refractivity contribution in [2.45, 2.75) is 62.9 Å². The summed E-state index contributed by atoms with van der Waals surface area (Å²) < 4.78 is 0. The quantitative estimate of drug-likeness (QED) is 0.588. The van der Waals surface area contributed by atoms with Crippen LogP contribution in [0.2, 0.25) is 0 Å². The van der Waals surface area contributed by atoms with E-state index in [0.29, 0.717) is 19.3 Å². The van der Waals surface area contributed by atoms with E-state index < -0.39 is 0 Å². The van der Waals surface area contributed by atoms with Crippen LogP contribution in [0.1, 0.15) is 62.1 Å². The maximum Gasteiger partial charge on any atom is 0.223 e. The molecule has 170 valence electrons. The van der Waals surface area contributed by atoms with Gasteiger partial charge in [0.05, 0.1) is 6.04 Å². The van der Waals surface area contributed by atoms with Gasteiger partial charge in [-0.1, -0.05) is 48.5 Å². The second-order valence-electron chi connectivity index (χ2n) is 9.53. The summed E-state index contributed by atoms with van der Waals surface area (Å²) in [6, 6.07) is 18.9. The largest absolute Gasteiger partial charge is 0.350 e. The third-order valence-corrected chi connectivity index (χ3v) is 7.35. The average Bonchev–Trinajstić information content (AvgIpc) is 3.23. The number of rotatable bonds is 6. The fraction of sp³-hybridized carbons (Fsp3) is 0.393. The molecule has 3 aromatic rings. The van der Waals surface area contributed by atoms with E-state index in [4.69, 9.17) is 0 Å². The van der Waals surface area contributed by atoms with E-state index in [9.17, 15) is 9.59 Å². The van der Waals surface area contributed by atoms with Crippen molar-refractivity contribution in [3.8, 4) is 0 Å². The highest BCUT2D eigenvalue weighted by molar-refractivity contribution is 5.86. The molecule has 0 unspecified atom stereocenters. The van der Waals surface area contributed by atoms with Crippen molar-refractivity contribution in [1.29, 1.82) is 0 Å². The van der Waals surface area contributed by atoms with Crippen molar-refractivity contribution in [1.82, 2.24) is 15.2 Å². The zero-order valence-electron chi connectivity index (χ0n) is 19.0. The number of aromatic nitrogens is 1. The molecule has 1 N–H and O–H groups in total. The molecule has 0 spiro atoms. The molecule has 5 heteroatoms. The Morgan fingerprint density at radius 3 is 2.79 bits per heavy atom. The Hall–Kier alpha value is -3.21. The summed E-state index contributed by atoms with van der Waals surface area (Å²) in [4.78, 5) is 32.0. The Balaban J connectivity index is 1.34. The minimum absolute atomic E-state index is 0.0916. The van der Waals surface area contributed by atoms with Gasteiger partial charge in [-0.05, 0) is 66.5 Å². The van der Waals surface area contributed by atoms with Crippen LogP contribution in [0, 0.1) is 0 Å². The van der Waals surface area contributed by atoms with Crippen LogP contribution in [-0.4, -0.2) is 33.8 Å². The first-order valence-electron chi connectivity index (χ1n) is 12.1. The van der Waals surface area contributed by atoms with E-state index in [0.717, 1.165) is 44.2 Å². The number of nitrogens with zero attached hydrogens (tertiary/aromatic N) is 2. The topological polar surface area (TPSA) is 62.3 Å². The normalized spacial score (nSPS) is 23.0. The molecule has 0 aliphatic carbocycles. The fourth-order valence-corrected chi connectivity index (χ4v) is 5.63. The lowest BCUT2D eigenvalue weighted by molar-refractivity contribution is -0.135. The molecule has 5 rings (SSSR count). The first-order chi connectivity index (χ1) is 16.1. The highest BCUT2D eigenvalue weighted by Gasteiger charge is 2.39. The Morgan fingerprint density at radius 1 is 1.09 bits per heavy atom. The smallest absolute Gasteiger partial charge is 0.223 e. The minimum Gasteiger partial charge on any atom is -0.350 e. The number of carbonyl (C=O) groups excluding carboxylic acids is 2. The van der Waals surface area contributed by atoms with Gasteiger partial charge in [-0.25, -0.2) is 0 Å². The molecule has 2 aliphatic heterocycles. The van der Waals surface area contributed by atoms with Gasteiger partial charge in [0.2, 0.25) is 11.8 Å². The third kappa shape index (κ3) is 4.63. The van der Waals surface area contributed by atoms with E-state index in [2.05, 4.69) is 58.8 Å². The number of hydrogen-bond donors (Lipinski definition) is 1. The van der Waals surface area contributed by atoms with Gasteiger partial charge < -0.3 is 10.2 Å². The van der Waals surface area contributed by atoms with E-state index >= 15 is 0 Å². The maximum atomic E-state index is 13.4. The van der Waals surface area contributed by atoms with Gasteiger partial charge in [0.25, 0.3) is 0 Å². The van der Waals surface area contributed by atoms with Crippen molar-refractivity contribution >= 4 is 22.6 Å². The molecule has 2 amide bonds. The minimum atomic E-state index is -0.365. The zero-order valence-corrected chi connectivity index (χ0v) is 19.0. The van der Waals surface area contributed by atoms with Crippen LogP contribution >= 0.6 is 0 Å². The van der Waals surface area contributed by atoms with E-state index in [1.807, 2.05) is 17.2 Å². The van der Waals surface area contributed by atoms with Crippen molar-refractivity contribution in [2.75, 3.05) is 6.54 Å². The first kappa shape index (κ1) is 21.6. The number of nitrogens with one attached hydrogen (secondary N) is 1. The van der Waals surface area contributed by atoms with Crippen LogP contribution in [0.25, 0.3) is 10.8 Å². The van der Waals surface area contributed by atoms with Gasteiger partial charge in [0.1, 0.15) is 0 Å². The standard InChI is InChI=1S/C28H31N3O2/c32-26-13-15-28(30-26,19-22-9-5-8-21-7-1-2-11-24(21)22)16-14-27(33)31-18-4-3-12-25(31)23-10-6-17-29-20-23/h1-2,5-11,17,20,25H,3-4,12-16,18-19H2,(H,30,32)/t25-,28-/m1/s1. The van der Waals surface area contributed by atoms with Crippen LogP contribution in [0.15, 0.2) is 67.0 Å². The number of likely N-dealkylation sites (tertiary alicyclic amines) is 1. The molecule has 0 saturated carbocycles. The number of hydrogen-bond acceptors (Lipinski definition) is 3. The molecule has 0 radical (unpaired) electrons. The Kier molecular flexibility index (Phi) is 6.12. The molecule has 2 aliphatic rings. The fourth-order valence-electron chi connectivity index (χ4n) is 5.63. The molecule has 5 nitrogen and oxygen atoms in total. The van der Waals surface area contributed by atoms with Crippen molar-refractivity contribution in [2.24, 2.45) is 0 Å². The number of benzene rings is 2. The van der Waals surface area contributed by atoms with E-state index in [1.165, 1.54) is 16.3 Å².